The Kier molecular flexibility index (Phi) is 5.07. The molecule has 0 aromatic heterocycles. The molecule has 1 rings (SSSR count). The van der Waals surface area contributed by atoms with Crippen molar-refractivity contribution >= 4 is 0 Å². The van der Waals surface area contributed by atoms with Gasteiger partial charge in [0.1, 0.15) is 5.54 Å². The molecule has 0 aliphatic heterocycles. The third-order valence-corrected chi connectivity index (χ3v) is 3.00. The van der Waals surface area contributed by atoms with Crippen LogP contribution >= 0.6 is 0 Å². The summed E-state index contributed by atoms with van der Waals surface area (Å²) in [6, 6.07) is 2.20. The highest BCUT2D eigenvalue weighted by atomic mass is 16.5. The molecule has 2 N–H and O–H groups in total. The van der Waals surface area contributed by atoms with Crippen LogP contribution in [0.1, 0.15) is 45.4 Å². The Morgan fingerprint density at radius 1 is 1.40 bits per heavy atom. The van der Waals surface area contributed by atoms with Gasteiger partial charge in [0.05, 0.1) is 12.7 Å². The van der Waals surface area contributed by atoms with Crippen LogP contribution < -0.4 is 5.73 Å². The maximum atomic E-state index is 8.98. The topological polar surface area (TPSA) is 59.0 Å². The Morgan fingerprint density at radius 3 is 2.67 bits per heavy atom. The third kappa shape index (κ3) is 4.19. The summed E-state index contributed by atoms with van der Waals surface area (Å²) in [6.07, 6.45) is 6.97. The number of nitriles is 1. The van der Waals surface area contributed by atoms with E-state index < -0.39 is 5.54 Å². The highest BCUT2D eigenvalue weighted by Gasteiger charge is 2.42. The fraction of sp³-hybridized carbons (Fsp3) is 0.917. The van der Waals surface area contributed by atoms with Gasteiger partial charge in [-0.25, -0.2) is 0 Å². The summed E-state index contributed by atoms with van der Waals surface area (Å²) in [5.74, 6) is 0.373. The molecule has 0 aromatic carbocycles. The number of nitrogens with zero attached hydrogens (tertiary/aromatic N) is 1. The monoisotopic (exact) mass is 210 g/mol. The van der Waals surface area contributed by atoms with E-state index in [9.17, 15) is 0 Å². The van der Waals surface area contributed by atoms with E-state index in [0.717, 1.165) is 25.9 Å². The zero-order valence-corrected chi connectivity index (χ0v) is 9.67. The molecule has 3 heteroatoms. The van der Waals surface area contributed by atoms with Gasteiger partial charge in [0, 0.05) is 6.61 Å². The molecule has 1 unspecified atom stereocenters. The SMILES string of the molecule is CCCCCCOCC(N)(C#N)C1CC1. The third-order valence-electron chi connectivity index (χ3n) is 3.00. The molecule has 0 saturated heterocycles. The molecular formula is C12H22N2O. The first-order chi connectivity index (χ1) is 7.23. The van der Waals surface area contributed by atoms with Gasteiger partial charge in [-0.1, -0.05) is 26.2 Å². The van der Waals surface area contributed by atoms with Crippen LogP contribution in [0.4, 0.5) is 0 Å². The molecule has 0 radical (unpaired) electrons. The summed E-state index contributed by atoms with van der Waals surface area (Å²) < 4.78 is 5.49. The predicted octanol–water partition coefficient (Wildman–Crippen LogP) is 2.21. The molecule has 1 aliphatic carbocycles. The normalized spacial score (nSPS) is 19.5. The maximum absolute atomic E-state index is 8.98. The van der Waals surface area contributed by atoms with E-state index >= 15 is 0 Å². The van der Waals surface area contributed by atoms with Crippen LogP contribution in [-0.2, 0) is 4.74 Å². The van der Waals surface area contributed by atoms with Crippen molar-refractivity contribution in [3.63, 3.8) is 0 Å². The molecule has 1 aliphatic rings. The number of hydrogen-bond donors (Lipinski definition) is 1. The molecule has 15 heavy (non-hydrogen) atoms. The van der Waals surface area contributed by atoms with Gasteiger partial charge in [-0.3, -0.25) is 0 Å². The lowest BCUT2D eigenvalue weighted by Crippen LogP contribution is -2.45. The van der Waals surface area contributed by atoms with Gasteiger partial charge >= 0.3 is 0 Å². The van der Waals surface area contributed by atoms with Crippen LogP contribution in [0.2, 0.25) is 0 Å². The number of hydrogen-bond acceptors (Lipinski definition) is 3. The summed E-state index contributed by atoms with van der Waals surface area (Å²) in [5.41, 5.74) is 5.24. The van der Waals surface area contributed by atoms with Crippen molar-refractivity contribution in [2.75, 3.05) is 13.2 Å². The van der Waals surface area contributed by atoms with Gasteiger partial charge in [0.25, 0.3) is 0 Å². The molecular weight excluding hydrogens is 188 g/mol. The molecule has 0 aromatic rings. The second-order valence-electron chi connectivity index (χ2n) is 4.54. The van der Waals surface area contributed by atoms with Gasteiger partial charge in [0.15, 0.2) is 0 Å². The van der Waals surface area contributed by atoms with Gasteiger partial charge in [-0.15, -0.1) is 0 Å². The molecule has 0 amide bonds. The first-order valence-electron chi connectivity index (χ1n) is 6.01. The molecule has 1 fully saturated rings. The molecule has 3 nitrogen and oxygen atoms in total. The lowest BCUT2D eigenvalue weighted by atomic mass is 9.98. The molecule has 0 heterocycles. The van der Waals surface area contributed by atoms with Crippen molar-refractivity contribution in [3.8, 4) is 6.07 Å². The van der Waals surface area contributed by atoms with Crippen molar-refractivity contribution in [1.82, 2.24) is 0 Å². The van der Waals surface area contributed by atoms with Crippen LogP contribution in [0.5, 0.6) is 0 Å². The molecule has 1 saturated carbocycles. The zero-order valence-electron chi connectivity index (χ0n) is 9.67. The second-order valence-corrected chi connectivity index (χ2v) is 4.54. The van der Waals surface area contributed by atoms with Crippen molar-refractivity contribution in [2.24, 2.45) is 11.7 Å². The van der Waals surface area contributed by atoms with E-state index in [2.05, 4.69) is 13.0 Å². The van der Waals surface area contributed by atoms with Crippen LogP contribution in [0.25, 0.3) is 0 Å². The van der Waals surface area contributed by atoms with E-state index in [1.54, 1.807) is 0 Å². The van der Waals surface area contributed by atoms with Crippen molar-refractivity contribution < 1.29 is 4.74 Å². The van der Waals surface area contributed by atoms with Crippen molar-refractivity contribution in [2.45, 2.75) is 51.0 Å². The van der Waals surface area contributed by atoms with Crippen LogP contribution in [0.3, 0.4) is 0 Å². The molecule has 0 bridgehead atoms. The highest BCUT2D eigenvalue weighted by Crippen LogP contribution is 2.38. The minimum Gasteiger partial charge on any atom is -0.378 e. The number of nitrogens with two attached hydrogens (primary N) is 1. The summed E-state index contributed by atoms with van der Waals surface area (Å²) in [6.45, 7) is 3.34. The Bertz CT molecular complexity index is 220. The average molecular weight is 210 g/mol. The van der Waals surface area contributed by atoms with E-state index in [0.29, 0.717) is 12.5 Å². The fourth-order valence-corrected chi connectivity index (χ4v) is 1.71. The highest BCUT2D eigenvalue weighted by molar-refractivity contribution is 5.13. The summed E-state index contributed by atoms with van der Waals surface area (Å²) in [7, 11) is 0. The molecule has 86 valence electrons. The minimum atomic E-state index is -0.718. The van der Waals surface area contributed by atoms with E-state index in [4.69, 9.17) is 15.7 Å². The van der Waals surface area contributed by atoms with Crippen LogP contribution in [0, 0.1) is 17.2 Å². The Labute approximate surface area is 92.6 Å². The molecule has 0 spiro atoms. The Hall–Kier alpha value is -0.590. The number of ether oxygens (including phenoxy) is 1. The summed E-state index contributed by atoms with van der Waals surface area (Å²) >= 11 is 0. The fourth-order valence-electron chi connectivity index (χ4n) is 1.71. The Balaban J connectivity index is 2.05. The quantitative estimate of drug-likeness (QED) is 0.625. The van der Waals surface area contributed by atoms with Crippen LogP contribution in [-0.4, -0.2) is 18.8 Å². The van der Waals surface area contributed by atoms with Crippen molar-refractivity contribution in [3.05, 3.63) is 0 Å². The largest absolute Gasteiger partial charge is 0.378 e. The smallest absolute Gasteiger partial charge is 0.130 e. The van der Waals surface area contributed by atoms with E-state index in [1.807, 2.05) is 0 Å². The predicted molar refractivity (Wildman–Crippen MR) is 60.2 cm³/mol. The van der Waals surface area contributed by atoms with Crippen molar-refractivity contribution in [1.29, 1.82) is 5.26 Å². The first-order valence-corrected chi connectivity index (χ1v) is 6.01. The average Bonchev–Trinajstić information content (AvgIpc) is 3.07. The zero-order chi connectivity index (χ0) is 11.1. The van der Waals surface area contributed by atoms with Gasteiger partial charge < -0.3 is 10.5 Å². The van der Waals surface area contributed by atoms with Gasteiger partial charge in [0.2, 0.25) is 0 Å². The summed E-state index contributed by atoms with van der Waals surface area (Å²) in [5, 5.41) is 8.98. The Morgan fingerprint density at radius 2 is 2.13 bits per heavy atom. The minimum absolute atomic E-state index is 0.373. The lowest BCUT2D eigenvalue weighted by Gasteiger charge is -2.20. The molecule has 1 atom stereocenters. The standard InChI is InChI=1S/C12H22N2O/c1-2-3-4-5-8-15-10-12(14,9-13)11-6-7-11/h11H,2-8,10,14H2,1H3. The van der Waals surface area contributed by atoms with Crippen LogP contribution in [0.15, 0.2) is 0 Å². The van der Waals surface area contributed by atoms with Gasteiger partial charge in [-0.2, -0.15) is 5.26 Å². The maximum Gasteiger partial charge on any atom is 0.130 e. The second kappa shape index (κ2) is 6.09. The number of rotatable bonds is 8. The number of unbranched alkanes of at least 4 members (excludes halogenated alkanes) is 3. The first kappa shape index (κ1) is 12.5. The van der Waals surface area contributed by atoms with E-state index in [-0.39, 0.29) is 0 Å². The lowest BCUT2D eigenvalue weighted by molar-refractivity contribution is 0.0925. The summed E-state index contributed by atoms with van der Waals surface area (Å²) in [4.78, 5) is 0. The van der Waals surface area contributed by atoms with E-state index in [1.165, 1.54) is 19.3 Å². The van der Waals surface area contributed by atoms with Gasteiger partial charge in [-0.05, 0) is 25.2 Å².